The Labute approximate surface area is 167 Å². The molecule has 0 bridgehead atoms. The van der Waals surface area contributed by atoms with Gasteiger partial charge in [-0.3, -0.25) is 4.79 Å². The predicted molar refractivity (Wildman–Crippen MR) is 111 cm³/mol. The monoisotopic (exact) mass is 393 g/mol. The predicted octanol–water partition coefficient (Wildman–Crippen LogP) is 4.08. The van der Waals surface area contributed by atoms with Gasteiger partial charge in [-0.1, -0.05) is 0 Å². The third-order valence-electron chi connectivity index (χ3n) is 5.25. The van der Waals surface area contributed by atoms with E-state index in [1.165, 1.54) is 0 Å². The molecule has 0 aliphatic rings. The highest BCUT2D eigenvalue weighted by atomic mass is 16.5. The van der Waals surface area contributed by atoms with Gasteiger partial charge in [0.1, 0.15) is 11.3 Å². The molecular formula is C22H23N3O4. The number of hydrogen-bond donors (Lipinski definition) is 2. The number of nitrogens with one attached hydrogen (secondary N) is 1. The number of hydrogen-bond acceptors (Lipinski definition) is 6. The molecule has 2 heterocycles. The van der Waals surface area contributed by atoms with Gasteiger partial charge in [0.25, 0.3) is 0 Å². The van der Waals surface area contributed by atoms with Crippen molar-refractivity contribution < 1.29 is 18.7 Å². The summed E-state index contributed by atoms with van der Waals surface area (Å²) in [6.45, 7) is 5.73. The van der Waals surface area contributed by atoms with E-state index in [4.69, 9.17) is 19.6 Å². The second-order valence-electron chi connectivity index (χ2n) is 7.13. The summed E-state index contributed by atoms with van der Waals surface area (Å²) < 4.78 is 17.2. The Hall–Kier alpha value is -3.48. The molecule has 1 atom stereocenters. The molecule has 7 nitrogen and oxygen atoms in total. The average Bonchev–Trinajstić information content (AvgIpc) is 3.34. The molecule has 3 N–H and O–H groups in total. The lowest BCUT2D eigenvalue weighted by atomic mass is 9.79. The zero-order valence-corrected chi connectivity index (χ0v) is 16.8. The Kier molecular flexibility index (Phi) is 4.45. The second-order valence-corrected chi connectivity index (χ2v) is 7.13. The molecule has 0 amide bonds. The Bertz CT molecular complexity index is 1220. The van der Waals surface area contributed by atoms with Crippen molar-refractivity contribution in [3.05, 3.63) is 53.5 Å². The van der Waals surface area contributed by atoms with Crippen LogP contribution in [-0.4, -0.2) is 29.7 Å². The molecule has 4 aromatic rings. The third kappa shape index (κ3) is 2.81. The van der Waals surface area contributed by atoms with Gasteiger partial charge in [-0.2, -0.15) is 0 Å². The van der Waals surface area contributed by atoms with Crippen molar-refractivity contribution in [1.29, 1.82) is 0 Å². The molecule has 29 heavy (non-hydrogen) atoms. The number of carbonyl (C=O) groups is 1. The Morgan fingerprint density at radius 1 is 1.31 bits per heavy atom. The number of nitrogen functional groups attached to an aromatic ring is 1. The van der Waals surface area contributed by atoms with Gasteiger partial charge in [-0.15, -0.1) is 0 Å². The highest BCUT2D eigenvalue weighted by molar-refractivity contribution is 5.97. The number of ether oxygens (including phenoxy) is 2. The number of aromatic amines is 1. The summed E-state index contributed by atoms with van der Waals surface area (Å²) in [6.07, 6.45) is 1.83. The number of rotatable bonds is 5. The molecule has 150 valence electrons. The van der Waals surface area contributed by atoms with Gasteiger partial charge in [0.05, 0.1) is 13.7 Å². The maximum Gasteiger partial charge on any atom is 0.325 e. The number of oxazole rings is 1. The molecular weight excluding hydrogens is 370 g/mol. The van der Waals surface area contributed by atoms with Crippen molar-refractivity contribution in [3.63, 3.8) is 0 Å². The van der Waals surface area contributed by atoms with Crippen LogP contribution in [0.4, 0.5) is 5.69 Å². The van der Waals surface area contributed by atoms with Crippen LogP contribution in [0.1, 0.15) is 30.9 Å². The van der Waals surface area contributed by atoms with E-state index in [0.717, 1.165) is 16.5 Å². The Morgan fingerprint density at radius 3 is 2.83 bits per heavy atom. The lowest BCUT2D eigenvalue weighted by Gasteiger charge is -2.27. The lowest BCUT2D eigenvalue weighted by Crippen LogP contribution is -2.36. The number of aryl methyl sites for hydroxylation is 1. The van der Waals surface area contributed by atoms with E-state index >= 15 is 0 Å². The summed E-state index contributed by atoms with van der Waals surface area (Å²) >= 11 is 0. The van der Waals surface area contributed by atoms with Crippen LogP contribution < -0.4 is 10.5 Å². The highest BCUT2D eigenvalue weighted by Crippen LogP contribution is 2.44. The molecule has 7 heteroatoms. The van der Waals surface area contributed by atoms with E-state index in [1.54, 1.807) is 39.2 Å². The zero-order valence-electron chi connectivity index (χ0n) is 16.8. The van der Waals surface area contributed by atoms with Gasteiger partial charge < -0.3 is 24.6 Å². The van der Waals surface area contributed by atoms with E-state index in [-0.39, 0.29) is 12.5 Å². The molecule has 0 radical (unpaired) electrons. The molecule has 4 rings (SSSR count). The third-order valence-corrected chi connectivity index (χ3v) is 5.25. The van der Waals surface area contributed by atoms with Gasteiger partial charge in [0.15, 0.2) is 11.0 Å². The summed E-state index contributed by atoms with van der Waals surface area (Å²) in [7, 11) is 1.58. The summed E-state index contributed by atoms with van der Waals surface area (Å²) in [5.74, 6) is 0.317. The largest absolute Gasteiger partial charge is 0.496 e. The molecule has 0 fully saturated rings. The number of esters is 1. The molecule has 0 aliphatic carbocycles. The molecule has 2 aromatic heterocycles. The van der Waals surface area contributed by atoms with Crippen LogP contribution in [0.15, 0.2) is 40.9 Å². The van der Waals surface area contributed by atoms with Crippen LogP contribution >= 0.6 is 0 Å². The molecule has 0 saturated carbocycles. The van der Waals surface area contributed by atoms with Gasteiger partial charge in [0, 0.05) is 28.4 Å². The first-order valence-corrected chi connectivity index (χ1v) is 9.39. The van der Waals surface area contributed by atoms with Crippen molar-refractivity contribution in [1.82, 2.24) is 9.97 Å². The fourth-order valence-corrected chi connectivity index (χ4v) is 3.78. The van der Waals surface area contributed by atoms with Crippen molar-refractivity contribution in [3.8, 4) is 5.75 Å². The van der Waals surface area contributed by atoms with Crippen LogP contribution in [0.2, 0.25) is 0 Å². The topological polar surface area (TPSA) is 103 Å². The molecule has 0 aliphatic heterocycles. The molecule has 1 unspecified atom stereocenters. The average molecular weight is 393 g/mol. The SMILES string of the molecule is CCOC(=O)C(C)(c1nc2cc(N)ccc2o1)c1c(OC)cc(C)c2[nH]ccc12. The number of nitrogens with zero attached hydrogens (tertiary/aromatic N) is 1. The minimum absolute atomic E-state index is 0.223. The summed E-state index contributed by atoms with van der Waals surface area (Å²) in [4.78, 5) is 21.1. The lowest BCUT2D eigenvalue weighted by molar-refractivity contribution is -0.148. The van der Waals surface area contributed by atoms with E-state index in [1.807, 2.05) is 25.3 Å². The van der Waals surface area contributed by atoms with Gasteiger partial charge in [0.2, 0.25) is 5.89 Å². The number of aromatic nitrogens is 2. The van der Waals surface area contributed by atoms with Crippen LogP contribution in [0.25, 0.3) is 22.0 Å². The number of methoxy groups -OCH3 is 1. The quantitative estimate of drug-likeness (QED) is 0.391. The maximum atomic E-state index is 13.3. The Balaban J connectivity index is 2.07. The first-order valence-electron chi connectivity index (χ1n) is 9.39. The number of fused-ring (bicyclic) bond motifs is 2. The van der Waals surface area contributed by atoms with Crippen LogP contribution in [-0.2, 0) is 14.9 Å². The van der Waals surface area contributed by atoms with Gasteiger partial charge >= 0.3 is 5.97 Å². The number of benzene rings is 2. The van der Waals surface area contributed by atoms with Gasteiger partial charge in [-0.25, -0.2) is 4.98 Å². The summed E-state index contributed by atoms with van der Waals surface area (Å²) in [6, 6.07) is 9.00. The van der Waals surface area contributed by atoms with E-state index in [2.05, 4.69) is 9.97 Å². The number of H-pyrrole nitrogens is 1. The maximum absolute atomic E-state index is 13.3. The van der Waals surface area contributed by atoms with Crippen molar-refractivity contribution >= 4 is 33.7 Å². The standard InChI is InChI=1S/C22H23N3O4/c1-5-28-21(26)22(3,20-25-15-11-13(23)6-7-16(15)29-20)18-14-8-9-24-19(14)12(2)10-17(18)27-4/h6-11,24H,5,23H2,1-4H3. The first kappa shape index (κ1) is 18.9. The van der Waals surface area contributed by atoms with Crippen LogP contribution in [0.3, 0.4) is 0 Å². The first-order chi connectivity index (χ1) is 13.9. The second kappa shape index (κ2) is 6.84. The van der Waals surface area contributed by atoms with Crippen LogP contribution in [0, 0.1) is 6.92 Å². The molecule has 0 spiro atoms. The van der Waals surface area contributed by atoms with E-state index in [9.17, 15) is 4.79 Å². The number of nitrogens with two attached hydrogens (primary N) is 1. The number of anilines is 1. The molecule has 2 aromatic carbocycles. The van der Waals surface area contributed by atoms with Crippen molar-refractivity contribution in [2.75, 3.05) is 19.5 Å². The fraction of sp³-hybridized carbons (Fsp3) is 0.273. The summed E-state index contributed by atoms with van der Waals surface area (Å²) in [5, 5.41) is 0.846. The smallest absolute Gasteiger partial charge is 0.325 e. The summed E-state index contributed by atoms with van der Waals surface area (Å²) in [5.41, 5.74) is 8.79. The van der Waals surface area contributed by atoms with Gasteiger partial charge in [-0.05, 0) is 56.7 Å². The zero-order chi connectivity index (χ0) is 20.8. The van der Waals surface area contributed by atoms with Crippen molar-refractivity contribution in [2.45, 2.75) is 26.2 Å². The Morgan fingerprint density at radius 2 is 2.10 bits per heavy atom. The molecule has 0 saturated heterocycles. The number of carbonyl (C=O) groups excluding carboxylic acids is 1. The minimum atomic E-state index is -1.33. The fourth-order valence-electron chi connectivity index (χ4n) is 3.78. The minimum Gasteiger partial charge on any atom is -0.496 e. The normalized spacial score (nSPS) is 13.5. The highest BCUT2D eigenvalue weighted by Gasteiger charge is 2.47. The van der Waals surface area contributed by atoms with Crippen LogP contribution in [0.5, 0.6) is 5.75 Å². The van der Waals surface area contributed by atoms with Crippen molar-refractivity contribution in [2.24, 2.45) is 0 Å². The van der Waals surface area contributed by atoms with E-state index in [0.29, 0.717) is 28.1 Å². The van der Waals surface area contributed by atoms with E-state index < -0.39 is 11.4 Å².